The van der Waals surface area contributed by atoms with Gasteiger partial charge in [0.2, 0.25) is 0 Å². The van der Waals surface area contributed by atoms with Crippen molar-refractivity contribution in [2.75, 3.05) is 0 Å². The summed E-state index contributed by atoms with van der Waals surface area (Å²) in [6.07, 6.45) is 0. The lowest BCUT2D eigenvalue weighted by atomic mass is 9.79. The van der Waals surface area contributed by atoms with Crippen LogP contribution in [0.15, 0.2) is 91.0 Å². The van der Waals surface area contributed by atoms with E-state index in [4.69, 9.17) is 0 Å². The molecule has 0 aromatic heterocycles. The molecular weight excluding hydrogens is 475 g/mol. The molecule has 5 aromatic carbocycles. The smallest absolute Gasteiger partial charge is 0.0165 e. The van der Waals surface area contributed by atoms with Crippen LogP contribution in [0.25, 0.3) is 43.8 Å². The number of hydrogen-bond acceptors (Lipinski definition) is 0. The van der Waals surface area contributed by atoms with Gasteiger partial charge in [-0.3, -0.25) is 0 Å². The van der Waals surface area contributed by atoms with Crippen molar-refractivity contribution in [2.45, 2.75) is 19.3 Å². The molecule has 0 amide bonds. The second kappa shape index (κ2) is 6.42. The second-order valence-corrected chi connectivity index (χ2v) is 10.0. The minimum Gasteiger partial charge on any atom is -0.0616 e. The molecule has 0 saturated heterocycles. The number of fused-ring (bicyclic) bond motifs is 6. The van der Waals surface area contributed by atoms with Gasteiger partial charge in [-0.15, -0.1) is 0 Å². The summed E-state index contributed by atoms with van der Waals surface area (Å²) in [6.45, 7) is 4.74. The van der Waals surface area contributed by atoms with E-state index >= 15 is 0 Å². The average molecular weight is 496 g/mol. The molecule has 30 heavy (non-hydrogen) atoms. The van der Waals surface area contributed by atoms with Crippen LogP contribution in [0.4, 0.5) is 0 Å². The second-order valence-electron chi connectivity index (χ2n) is 8.80. The van der Waals surface area contributed by atoms with Crippen molar-refractivity contribution in [1.29, 1.82) is 0 Å². The highest BCUT2D eigenvalue weighted by Gasteiger charge is 2.36. The van der Waals surface area contributed by atoms with Crippen LogP contribution in [-0.4, -0.2) is 0 Å². The molecule has 1 aliphatic rings. The molecule has 0 bridgehead atoms. The summed E-state index contributed by atoms with van der Waals surface area (Å²) in [5.41, 5.74) is 8.19. The first-order valence-corrected chi connectivity index (χ1v) is 11.5. The molecule has 0 spiro atoms. The number of rotatable bonds is 1. The van der Waals surface area contributed by atoms with Crippen LogP contribution in [0.2, 0.25) is 0 Å². The SMILES string of the molecule is CC1(C)c2cc(-c3ccc4ccc(I)cc4c3)ccc2-c2ccc3ccccc3c21. The van der Waals surface area contributed by atoms with Gasteiger partial charge in [0.25, 0.3) is 0 Å². The third-order valence-corrected chi connectivity index (χ3v) is 7.34. The predicted octanol–water partition coefficient (Wildman–Crippen LogP) is 8.57. The minimum atomic E-state index is -0.0201. The molecule has 0 saturated carbocycles. The van der Waals surface area contributed by atoms with Crippen molar-refractivity contribution in [1.82, 2.24) is 0 Å². The molecule has 6 rings (SSSR count). The van der Waals surface area contributed by atoms with Crippen molar-refractivity contribution < 1.29 is 0 Å². The maximum Gasteiger partial charge on any atom is 0.0165 e. The molecule has 1 aliphatic carbocycles. The molecule has 0 aliphatic heterocycles. The maximum atomic E-state index is 2.42. The Morgan fingerprint density at radius 1 is 0.600 bits per heavy atom. The third-order valence-electron chi connectivity index (χ3n) is 6.67. The van der Waals surface area contributed by atoms with E-state index < -0.39 is 0 Å². The first-order chi connectivity index (χ1) is 14.5. The minimum absolute atomic E-state index is 0.0201. The highest BCUT2D eigenvalue weighted by atomic mass is 127. The zero-order valence-electron chi connectivity index (χ0n) is 17.0. The number of halogens is 1. The average Bonchev–Trinajstić information content (AvgIpc) is 3.00. The van der Waals surface area contributed by atoms with Crippen LogP contribution < -0.4 is 0 Å². The summed E-state index contributed by atoms with van der Waals surface area (Å²) in [5.74, 6) is 0. The topological polar surface area (TPSA) is 0 Å². The van der Waals surface area contributed by atoms with Gasteiger partial charge >= 0.3 is 0 Å². The molecule has 0 nitrogen and oxygen atoms in total. The summed E-state index contributed by atoms with van der Waals surface area (Å²) in [4.78, 5) is 0. The summed E-state index contributed by atoms with van der Waals surface area (Å²) >= 11 is 2.39. The zero-order chi connectivity index (χ0) is 20.5. The van der Waals surface area contributed by atoms with E-state index in [1.807, 2.05) is 0 Å². The maximum absolute atomic E-state index is 2.42. The van der Waals surface area contributed by atoms with Gasteiger partial charge in [-0.25, -0.2) is 0 Å². The van der Waals surface area contributed by atoms with Crippen molar-refractivity contribution >= 4 is 44.1 Å². The molecule has 0 atom stereocenters. The largest absolute Gasteiger partial charge is 0.0616 e. The van der Waals surface area contributed by atoms with E-state index in [9.17, 15) is 0 Å². The van der Waals surface area contributed by atoms with E-state index in [1.54, 1.807) is 0 Å². The Balaban J connectivity index is 1.55. The van der Waals surface area contributed by atoms with Crippen LogP contribution in [0.3, 0.4) is 0 Å². The monoisotopic (exact) mass is 496 g/mol. The summed E-state index contributed by atoms with van der Waals surface area (Å²) in [7, 11) is 0. The molecule has 5 aromatic rings. The summed E-state index contributed by atoms with van der Waals surface area (Å²) < 4.78 is 1.27. The van der Waals surface area contributed by atoms with Crippen LogP contribution in [0, 0.1) is 3.57 Å². The Bertz CT molecular complexity index is 1470. The fraction of sp³-hybridized carbons (Fsp3) is 0.103. The van der Waals surface area contributed by atoms with Crippen molar-refractivity contribution in [3.8, 4) is 22.3 Å². The quantitative estimate of drug-likeness (QED) is 0.204. The van der Waals surface area contributed by atoms with Gasteiger partial charge in [0.15, 0.2) is 0 Å². The van der Waals surface area contributed by atoms with Crippen LogP contribution in [0.1, 0.15) is 25.0 Å². The Hall–Kier alpha value is -2.65. The molecule has 144 valence electrons. The van der Waals surface area contributed by atoms with Crippen LogP contribution >= 0.6 is 22.6 Å². The van der Waals surface area contributed by atoms with E-state index in [0.717, 1.165) is 0 Å². The van der Waals surface area contributed by atoms with Gasteiger partial charge in [0.05, 0.1) is 0 Å². The van der Waals surface area contributed by atoms with Crippen molar-refractivity contribution in [3.63, 3.8) is 0 Å². The highest BCUT2D eigenvalue weighted by Crippen LogP contribution is 2.52. The number of hydrogen-bond donors (Lipinski definition) is 0. The molecule has 0 radical (unpaired) electrons. The fourth-order valence-corrected chi connectivity index (χ4v) is 5.69. The van der Waals surface area contributed by atoms with E-state index in [2.05, 4.69) is 127 Å². The fourth-order valence-electron chi connectivity index (χ4n) is 5.18. The van der Waals surface area contributed by atoms with Gasteiger partial charge in [0.1, 0.15) is 0 Å². The van der Waals surface area contributed by atoms with Gasteiger partial charge < -0.3 is 0 Å². The predicted molar refractivity (Wildman–Crippen MR) is 137 cm³/mol. The summed E-state index contributed by atoms with van der Waals surface area (Å²) in [6, 6.07) is 33.8. The van der Waals surface area contributed by atoms with Gasteiger partial charge in [-0.05, 0) is 102 Å². The highest BCUT2D eigenvalue weighted by molar-refractivity contribution is 14.1. The molecule has 0 unspecified atom stereocenters. The van der Waals surface area contributed by atoms with E-state index in [-0.39, 0.29) is 5.41 Å². The van der Waals surface area contributed by atoms with Gasteiger partial charge in [-0.1, -0.05) is 80.6 Å². The normalized spacial score (nSPS) is 14.1. The van der Waals surface area contributed by atoms with Crippen molar-refractivity contribution in [3.05, 3.63) is 106 Å². The molecular formula is C29H21I. The standard InChI is InChI=1S/C29H21I/c1-29(2)27-17-21(20-8-7-18-9-12-23(30)16-22(18)15-20)11-13-25(27)26-14-10-19-5-3-4-6-24(19)28(26)29/h3-17H,1-2H3. The van der Waals surface area contributed by atoms with E-state index in [1.165, 1.54) is 58.5 Å². The lowest BCUT2D eigenvalue weighted by Crippen LogP contribution is -2.15. The van der Waals surface area contributed by atoms with Gasteiger partial charge in [0, 0.05) is 8.99 Å². The molecule has 0 N–H and O–H groups in total. The van der Waals surface area contributed by atoms with Gasteiger partial charge in [-0.2, -0.15) is 0 Å². The van der Waals surface area contributed by atoms with Crippen LogP contribution in [0.5, 0.6) is 0 Å². The lowest BCUT2D eigenvalue weighted by Gasteiger charge is -2.23. The molecule has 0 heterocycles. The summed E-state index contributed by atoms with van der Waals surface area (Å²) in [5, 5.41) is 5.28. The Labute approximate surface area is 190 Å². The Morgan fingerprint density at radius 2 is 1.30 bits per heavy atom. The van der Waals surface area contributed by atoms with Crippen LogP contribution in [-0.2, 0) is 5.41 Å². The number of benzene rings is 5. The molecule has 0 fully saturated rings. The Kier molecular flexibility index (Phi) is 3.88. The van der Waals surface area contributed by atoms with Crippen molar-refractivity contribution in [2.24, 2.45) is 0 Å². The Morgan fingerprint density at radius 3 is 2.20 bits per heavy atom. The third kappa shape index (κ3) is 2.58. The zero-order valence-corrected chi connectivity index (χ0v) is 19.2. The molecule has 1 heteroatoms. The van der Waals surface area contributed by atoms with E-state index in [0.29, 0.717) is 0 Å². The lowest BCUT2D eigenvalue weighted by molar-refractivity contribution is 0.666. The first kappa shape index (κ1) is 18.1. The first-order valence-electron chi connectivity index (χ1n) is 10.4.